The fraction of sp³-hybridized carbons (Fsp3) is 0.211. The van der Waals surface area contributed by atoms with E-state index in [4.69, 9.17) is 0 Å². The zero-order chi connectivity index (χ0) is 21.6. The summed E-state index contributed by atoms with van der Waals surface area (Å²) in [6.45, 7) is -0.467. The molecule has 7 nitrogen and oxygen atoms in total. The quantitative estimate of drug-likeness (QED) is 0.572. The molecule has 3 amide bonds. The van der Waals surface area contributed by atoms with Crippen molar-refractivity contribution in [2.45, 2.75) is 27.0 Å². The van der Waals surface area contributed by atoms with Gasteiger partial charge in [0, 0.05) is 47.4 Å². The van der Waals surface area contributed by atoms with E-state index in [2.05, 4.69) is 36.6 Å². The van der Waals surface area contributed by atoms with Crippen molar-refractivity contribution >= 4 is 45.0 Å². The van der Waals surface area contributed by atoms with Crippen LogP contribution in [0.15, 0.2) is 40.9 Å². The van der Waals surface area contributed by atoms with Crippen LogP contribution in [0, 0.1) is 0 Å². The molecule has 0 heterocycles. The minimum absolute atomic E-state index is 0.0607. The summed E-state index contributed by atoms with van der Waals surface area (Å²) in [4.78, 5) is 35.2. The summed E-state index contributed by atoms with van der Waals surface area (Å²) in [5, 5.41) is 7.70. The van der Waals surface area contributed by atoms with E-state index in [1.54, 1.807) is 12.1 Å². The second-order valence-electron chi connectivity index (χ2n) is 5.97. The van der Waals surface area contributed by atoms with Gasteiger partial charge in [0.1, 0.15) is 5.75 Å². The van der Waals surface area contributed by atoms with Gasteiger partial charge in [-0.1, -0.05) is 15.9 Å². The Morgan fingerprint density at radius 3 is 2.10 bits per heavy atom. The van der Waals surface area contributed by atoms with Crippen molar-refractivity contribution < 1.29 is 27.9 Å². The van der Waals surface area contributed by atoms with Crippen molar-refractivity contribution in [1.82, 2.24) is 5.32 Å². The zero-order valence-corrected chi connectivity index (χ0v) is 17.1. The van der Waals surface area contributed by atoms with Gasteiger partial charge < -0.3 is 20.7 Å². The van der Waals surface area contributed by atoms with Gasteiger partial charge in [-0.2, -0.15) is 8.78 Å². The molecule has 154 valence electrons. The van der Waals surface area contributed by atoms with E-state index in [0.717, 1.165) is 0 Å². The molecule has 2 aromatic rings. The van der Waals surface area contributed by atoms with E-state index < -0.39 is 12.5 Å². The lowest BCUT2D eigenvalue weighted by atomic mass is 10.1. The number of amides is 3. The van der Waals surface area contributed by atoms with Crippen LogP contribution in [0.4, 0.5) is 20.2 Å². The summed E-state index contributed by atoms with van der Waals surface area (Å²) in [6, 6.07) is 8.82. The highest BCUT2D eigenvalue weighted by atomic mass is 79.9. The van der Waals surface area contributed by atoms with Gasteiger partial charge in [0.25, 0.3) is 5.91 Å². The van der Waals surface area contributed by atoms with Gasteiger partial charge in [-0.05, 0) is 36.4 Å². The van der Waals surface area contributed by atoms with Gasteiger partial charge >= 0.3 is 6.61 Å². The number of halogens is 3. The highest BCUT2D eigenvalue weighted by Crippen LogP contribution is 2.25. The predicted octanol–water partition coefficient (Wildman–Crippen LogP) is 3.90. The van der Waals surface area contributed by atoms with E-state index in [9.17, 15) is 23.2 Å². The Hall–Kier alpha value is -3.01. The first-order valence-corrected chi connectivity index (χ1v) is 9.15. The van der Waals surface area contributed by atoms with Crippen LogP contribution < -0.4 is 20.7 Å². The highest BCUT2D eigenvalue weighted by molar-refractivity contribution is 9.10. The van der Waals surface area contributed by atoms with Gasteiger partial charge in [0.2, 0.25) is 11.8 Å². The number of carbonyl (C=O) groups is 3. The van der Waals surface area contributed by atoms with Crippen LogP contribution in [0.3, 0.4) is 0 Å². The van der Waals surface area contributed by atoms with Gasteiger partial charge in [-0.3, -0.25) is 14.4 Å². The molecule has 0 aliphatic heterocycles. The van der Waals surface area contributed by atoms with Gasteiger partial charge in [0.15, 0.2) is 0 Å². The number of hydrogen-bond donors (Lipinski definition) is 3. The highest BCUT2D eigenvalue weighted by Gasteiger charge is 2.14. The molecular weight excluding hydrogens is 452 g/mol. The van der Waals surface area contributed by atoms with Crippen molar-refractivity contribution in [1.29, 1.82) is 0 Å². The molecule has 0 radical (unpaired) electrons. The molecule has 0 saturated heterocycles. The molecule has 0 aliphatic carbocycles. The molecule has 2 rings (SSSR count). The van der Waals surface area contributed by atoms with Gasteiger partial charge in [-0.25, -0.2) is 0 Å². The summed E-state index contributed by atoms with van der Waals surface area (Å²) < 4.78 is 30.2. The number of carbonyl (C=O) groups excluding carboxylic acids is 3. The average molecular weight is 470 g/mol. The van der Waals surface area contributed by atoms with Gasteiger partial charge in [0.05, 0.1) is 0 Å². The monoisotopic (exact) mass is 469 g/mol. The third-order valence-corrected chi connectivity index (χ3v) is 4.01. The van der Waals surface area contributed by atoms with Crippen LogP contribution >= 0.6 is 15.9 Å². The Kier molecular flexibility index (Phi) is 7.66. The number of hydrogen-bond acceptors (Lipinski definition) is 4. The first-order valence-electron chi connectivity index (χ1n) is 8.35. The van der Waals surface area contributed by atoms with Crippen molar-refractivity contribution in [2.24, 2.45) is 0 Å². The Bertz CT molecular complexity index is 903. The molecule has 2 aromatic carbocycles. The number of alkyl halides is 2. The smallest absolute Gasteiger partial charge is 0.387 e. The standard InChI is InChI=1S/C19H18BrF2N3O4/c1-10(26)24-15-6-12(7-16(8-15)25-11(2)27)18(28)23-9-13-5-14(20)3-4-17(13)29-19(21)22/h3-8,19H,9H2,1-2H3,(H,23,28)(H,24,26)(H,25,27). The van der Waals surface area contributed by atoms with Crippen LogP contribution in [0.5, 0.6) is 5.75 Å². The SMILES string of the molecule is CC(=O)Nc1cc(NC(C)=O)cc(C(=O)NCc2cc(Br)ccc2OC(F)F)c1. The fourth-order valence-corrected chi connectivity index (χ4v) is 2.89. The molecule has 0 bridgehead atoms. The molecule has 0 aliphatic rings. The van der Waals surface area contributed by atoms with Crippen LogP contribution in [0.1, 0.15) is 29.8 Å². The van der Waals surface area contributed by atoms with E-state index in [0.29, 0.717) is 21.4 Å². The molecule has 0 spiro atoms. The molecule has 0 aromatic heterocycles. The summed E-state index contributed by atoms with van der Waals surface area (Å²) >= 11 is 3.24. The van der Waals surface area contributed by atoms with E-state index in [1.807, 2.05) is 0 Å². The lowest BCUT2D eigenvalue weighted by Crippen LogP contribution is -2.24. The zero-order valence-electron chi connectivity index (χ0n) is 15.5. The lowest BCUT2D eigenvalue weighted by molar-refractivity contribution is -0.115. The van der Waals surface area contributed by atoms with Crippen LogP contribution in [0.2, 0.25) is 0 Å². The van der Waals surface area contributed by atoms with Crippen molar-refractivity contribution in [3.8, 4) is 5.75 Å². The van der Waals surface area contributed by atoms with Crippen LogP contribution in [-0.4, -0.2) is 24.3 Å². The summed E-state index contributed by atoms with van der Waals surface area (Å²) in [6.07, 6.45) is 0. The second kappa shape index (κ2) is 9.97. The van der Waals surface area contributed by atoms with Crippen molar-refractivity contribution in [3.63, 3.8) is 0 Å². The average Bonchev–Trinajstić information content (AvgIpc) is 2.59. The summed E-state index contributed by atoms with van der Waals surface area (Å²) in [7, 11) is 0. The van der Waals surface area contributed by atoms with Crippen LogP contribution in [0.25, 0.3) is 0 Å². The number of benzene rings is 2. The minimum Gasteiger partial charge on any atom is -0.434 e. The van der Waals surface area contributed by atoms with Crippen LogP contribution in [-0.2, 0) is 16.1 Å². The van der Waals surface area contributed by atoms with Gasteiger partial charge in [-0.15, -0.1) is 0 Å². The lowest BCUT2D eigenvalue weighted by Gasteiger charge is -2.13. The topological polar surface area (TPSA) is 96.5 Å². The first kappa shape index (κ1) is 22.3. The fourth-order valence-electron chi connectivity index (χ4n) is 2.48. The molecule has 29 heavy (non-hydrogen) atoms. The molecule has 0 saturated carbocycles. The van der Waals surface area contributed by atoms with E-state index in [1.165, 1.54) is 38.1 Å². The number of nitrogens with one attached hydrogen (secondary N) is 3. The number of ether oxygens (including phenoxy) is 1. The first-order chi connectivity index (χ1) is 13.6. The predicted molar refractivity (Wildman–Crippen MR) is 107 cm³/mol. The molecule has 0 unspecified atom stereocenters. The molecule has 10 heteroatoms. The Morgan fingerprint density at radius 2 is 1.59 bits per heavy atom. The summed E-state index contributed by atoms with van der Waals surface area (Å²) in [5.41, 5.74) is 1.13. The number of rotatable bonds is 7. The Balaban J connectivity index is 2.23. The number of anilines is 2. The van der Waals surface area contributed by atoms with Crippen molar-refractivity contribution in [2.75, 3.05) is 10.6 Å². The maximum absolute atomic E-state index is 12.6. The van der Waals surface area contributed by atoms with Crippen molar-refractivity contribution in [3.05, 3.63) is 52.0 Å². The minimum atomic E-state index is -3.00. The Morgan fingerprint density at radius 1 is 1.00 bits per heavy atom. The van der Waals surface area contributed by atoms with E-state index in [-0.39, 0.29) is 29.7 Å². The largest absolute Gasteiger partial charge is 0.434 e. The molecule has 3 N–H and O–H groups in total. The third kappa shape index (κ3) is 7.15. The maximum Gasteiger partial charge on any atom is 0.387 e. The maximum atomic E-state index is 12.6. The molecule has 0 fully saturated rings. The molecule has 0 atom stereocenters. The second-order valence-corrected chi connectivity index (χ2v) is 6.89. The summed E-state index contributed by atoms with van der Waals surface area (Å²) in [5.74, 6) is -1.29. The Labute approximate surface area is 173 Å². The van der Waals surface area contributed by atoms with E-state index >= 15 is 0 Å². The normalized spacial score (nSPS) is 10.4. The third-order valence-electron chi connectivity index (χ3n) is 3.51. The molecular formula is C19H18BrF2N3O4.